The van der Waals surface area contributed by atoms with E-state index in [9.17, 15) is 0 Å². The third-order valence-electron chi connectivity index (χ3n) is 3.60. The Morgan fingerprint density at radius 3 is 2.17 bits per heavy atom. The van der Waals surface area contributed by atoms with Crippen molar-refractivity contribution in [2.75, 3.05) is 0 Å². The van der Waals surface area contributed by atoms with E-state index in [1.54, 1.807) is 0 Å². The summed E-state index contributed by atoms with van der Waals surface area (Å²) in [7, 11) is -4.69. The molecule has 0 amide bonds. The Bertz CT molecular complexity index is 686. The third-order valence-corrected chi connectivity index (χ3v) is 3.60. The van der Waals surface area contributed by atoms with Crippen LogP contribution in [-0.2, 0) is 10.3 Å². The molecule has 24 heavy (non-hydrogen) atoms. The Kier molecular flexibility index (Phi) is 5.77. The highest BCUT2D eigenvalue weighted by Crippen LogP contribution is 2.43. The topological polar surface area (TPSA) is 98.6 Å². The third kappa shape index (κ3) is 5.42. The van der Waals surface area contributed by atoms with Crippen molar-refractivity contribution < 1.29 is 33.6 Å². The van der Waals surface area contributed by atoms with Crippen LogP contribution >= 0.6 is 0 Å². The lowest BCUT2D eigenvalue weighted by molar-refractivity contribution is -1.92. The SMILES string of the molecule is CC1(C)OC(/C=C\c2ccccc2)c2ccccc21.[O-][Cl+3]([O-])([O-])O. The van der Waals surface area contributed by atoms with Crippen LogP contribution in [0.25, 0.3) is 6.08 Å². The zero-order chi connectivity index (χ0) is 17.8. The molecule has 0 bridgehead atoms. The van der Waals surface area contributed by atoms with E-state index in [1.165, 1.54) is 16.7 Å². The van der Waals surface area contributed by atoms with Gasteiger partial charge < -0.3 is 4.74 Å². The normalized spacial score (nSPS) is 18.8. The maximum absolute atomic E-state index is 8.60. The van der Waals surface area contributed by atoms with Gasteiger partial charge in [0.2, 0.25) is 0 Å². The van der Waals surface area contributed by atoms with Crippen molar-refractivity contribution in [3.8, 4) is 0 Å². The number of halogens is 1. The van der Waals surface area contributed by atoms with E-state index in [4.69, 9.17) is 23.4 Å². The van der Waals surface area contributed by atoms with E-state index in [0.717, 1.165) is 0 Å². The number of benzene rings is 2. The number of ether oxygens (including phenoxy) is 1. The van der Waals surface area contributed by atoms with E-state index in [0.29, 0.717) is 0 Å². The second-order valence-electron chi connectivity index (χ2n) is 5.80. The molecule has 6 heteroatoms. The molecule has 2 aromatic carbocycles. The molecule has 3 rings (SSSR count). The van der Waals surface area contributed by atoms with Gasteiger partial charge in [0.15, 0.2) is 0 Å². The van der Waals surface area contributed by atoms with Crippen LogP contribution in [0.2, 0.25) is 0 Å². The highest BCUT2D eigenvalue weighted by atomic mass is 35.7. The summed E-state index contributed by atoms with van der Waals surface area (Å²) in [6, 6.07) is 18.8. The summed E-state index contributed by atoms with van der Waals surface area (Å²) in [6.07, 6.45) is 4.32. The molecule has 1 N–H and O–H groups in total. The molecular formula is C18H19ClO5. The lowest BCUT2D eigenvalue weighted by atomic mass is 9.94. The summed E-state index contributed by atoms with van der Waals surface area (Å²) in [5, 5.41) is 0. The average molecular weight is 351 g/mol. The molecule has 1 atom stereocenters. The van der Waals surface area contributed by atoms with Crippen LogP contribution in [0.5, 0.6) is 0 Å². The van der Waals surface area contributed by atoms with E-state index >= 15 is 0 Å². The summed E-state index contributed by atoms with van der Waals surface area (Å²) in [5.74, 6) is 0. The van der Waals surface area contributed by atoms with Gasteiger partial charge in [0.1, 0.15) is 6.10 Å². The lowest BCUT2D eigenvalue weighted by Crippen LogP contribution is -2.58. The molecule has 128 valence electrons. The molecule has 0 aliphatic carbocycles. The van der Waals surface area contributed by atoms with Crippen molar-refractivity contribution in [3.63, 3.8) is 0 Å². The average Bonchev–Trinajstić information content (AvgIpc) is 2.76. The second kappa shape index (κ2) is 7.44. The molecule has 0 spiro atoms. The Hall–Kier alpha value is -1.73. The van der Waals surface area contributed by atoms with Gasteiger partial charge in [-0.2, -0.15) is 14.0 Å². The lowest BCUT2D eigenvalue weighted by Gasteiger charge is -2.19. The molecule has 0 saturated heterocycles. The van der Waals surface area contributed by atoms with E-state index in [-0.39, 0.29) is 11.7 Å². The minimum atomic E-state index is -4.69. The largest absolute Gasteiger partial charge is 0.359 e. The summed E-state index contributed by atoms with van der Waals surface area (Å²) < 4.78 is 38.9. The Morgan fingerprint density at radius 1 is 1.00 bits per heavy atom. The van der Waals surface area contributed by atoms with Crippen LogP contribution in [0.4, 0.5) is 0 Å². The van der Waals surface area contributed by atoms with Crippen LogP contribution in [0.3, 0.4) is 0 Å². The Balaban J connectivity index is 0.000000368. The number of hydrogen-bond acceptors (Lipinski definition) is 5. The highest BCUT2D eigenvalue weighted by Gasteiger charge is 2.35. The van der Waals surface area contributed by atoms with Crippen LogP contribution in [0.15, 0.2) is 60.7 Å². The quantitative estimate of drug-likeness (QED) is 0.854. The van der Waals surface area contributed by atoms with Crippen LogP contribution in [0, 0.1) is 10.2 Å². The molecule has 1 aliphatic heterocycles. The van der Waals surface area contributed by atoms with Gasteiger partial charge in [-0.1, -0.05) is 66.7 Å². The number of hydrogen-bond donors (Lipinski definition) is 1. The van der Waals surface area contributed by atoms with Gasteiger partial charge >= 0.3 is 0 Å². The molecule has 2 aromatic rings. The summed E-state index contributed by atoms with van der Waals surface area (Å²) in [4.78, 5) is 0. The summed E-state index contributed by atoms with van der Waals surface area (Å²) in [5.41, 5.74) is 3.56. The van der Waals surface area contributed by atoms with Gasteiger partial charge in [-0.05, 0) is 30.5 Å². The van der Waals surface area contributed by atoms with Gasteiger partial charge in [0.25, 0.3) is 0 Å². The van der Waals surface area contributed by atoms with Crippen LogP contribution in [0.1, 0.15) is 36.6 Å². The van der Waals surface area contributed by atoms with Crippen molar-refractivity contribution in [3.05, 3.63) is 77.4 Å². The van der Waals surface area contributed by atoms with E-state index in [2.05, 4.69) is 62.4 Å². The highest BCUT2D eigenvalue weighted by molar-refractivity contribution is 5.51. The Labute approximate surface area is 143 Å². The maximum atomic E-state index is 8.60. The minimum absolute atomic E-state index is 0.0476. The zero-order valence-electron chi connectivity index (χ0n) is 13.4. The Morgan fingerprint density at radius 2 is 1.54 bits per heavy atom. The van der Waals surface area contributed by atoms with Crippen molar-refractivity contribution in [1.82, 2.24) is 0 Å². The molecule has 0 aromatic heterocycles. The van der Waals surface area contributed by atoms with Gasteiger partial charge in [-0.3, -0.25) is 0 Å². The first-order chi connectivity index (χ1) is 11.2. The first-order valence-electron chi connectivity index (χ1n) is 7.30. The fourth-order valence-electron chi connectivity index (χ4n) is 2.64. The summed E-state index contributed by atoms with van der Waals surface area (Å²) >= 11 is 0. The minimum Gasteiger partial charge on any atom is -0.359 e. The first-order valence-corrected chi connectivity index (χ1v) is 8.57. The van der Waals surface area contributed by atoms with E-state index < -0.39 is 10.2 Å². The maximum Gasteiger partial charge on any atom is 0.103 e. The second-order valence-corrected chi connectivity index (χ2v) is 6.59. The fraction of sp³-hybridized carbons (Fsp3) is 0.222. The monoisotopic (exact) mass is 350 g/mol. The predicted octanol–water partition coefficient (Wildman–Crippen LogP) is 0.582. The van der Waals surface area contributed by atoms with Crippen molar-refractivity contribution in [2.45, 2.75) is 25.6 Å². The van der Waals surface area contributed by atoms with Gasteiger partial charge in [-0.25, -0.2) is 0 Å². The molecule has 1 aliphatic rings. The molecule has 5 nitrogen and oxygen atoms in total. The van der Waals surface area contributed by atoms with Crippen molar-refractivity contribution in [2.24, 2.45) is 0 Å². The predicted molar refractivity (Wildman–Crippen MR) is 81.0 cm³/mol. The van der Waals surface area contributed by atoms with E-state index in [1.807, 2.05) is 18.2 Å². The molecule has 0 fully saturated rings. The number of fused-ring (bicyclic) bond motifs is 1. The molecule has 1 unspecified atom stereocenters. The molecule has 1 heterocycles. The standard InChI is InChI=1S/C18H18O.ClHO4/c1-18(2)16-11-7-6-10-15(16)17(19-18)13-12-14-8-4-3-5-9-14;2-1(3,4)5/h3-13,17H,1-2H3;(H,2,3,4,5)/b13-12-;. The van der Waals surface area contributed by atoms with Crippen LogP contribution < -0.4 is 14.0 Å². The van der Waals surface area contributed by atoms with Crippen molar-refractivity contribution in [1.29, 1.82) is 0 Å². The first kappa shape index (κ1) is 18.6. The fourth-order valence-corrected chi connectivity index (χ4v) is 2.64. The molecular weight excluding hydrogens is 332 g/mol. The zero-order valence-corrected chi connectivity index (χ0v) is 14.1. The smallest absolute Gasteiger partial charge is 0.103 e. The number of rotatable bonds is 2. The molecule has 0 radical (unpaired) electrons. The molecule has 0 saturated carbocycles. The van der Waals surface area contributed by atoms with Crippen molar-refractivity contribution >= 4 is 6.08 Å². The summed E-state index contributed by atoms with van der Waals surface area (Å²) in [6.45, 7) is 4.25. The van der Waals surface area contributed by atoms with Crippen LogP contribution in [-0.4, -0.2) is 4.66 Å². The van der Waals surface area contributed by atoms with Gasteiger partial charge in [-0.15, -0.1) is 0 Å². The van der Waals surface area contributed by atoms with Gasteiger partial charge in [0.05, 0.1) is 20.5 Å². The van der Waals surface area contributed by atoms with Gasteiger partial charge in [0, 0.05) is 0 Å².